The van der Waals surface area contributed by atoms with Crippen LogP contribution >= 0.6 is 0 Å². The van der Waals surface area contributed by atoms with Crippen molar-refractivity contribution in [2.24, 2.45) is 17.8 Å². The Kier molecular flexibility index (Phi) is 5.59. The van der Waals surface area contributed by atoms with Gasteiger partial charge in [-0.3, -0.25) is 0 Å². The van der Waals surface area contributed by atoms with Gasteiger partial charge in [-0.05, 0) is 30.6 Å². The summed E-state index contributed by atoms with van der Waals surface area (Å²) in [5.74, 6) is 3.06. The fourth-order valence-corrected chi connectivity index (χ4v) is 2.81. The molecular weight excluding hydrogens is 168 g/mol. The van der Waals surface area contributed by atoms with Gasteiger partial charge in [0.15, 0.2) is 0 Å². The summed E-state index contributed by atoms with van der Waals surface area (Å²) in [5.41, 5.74) is 0. The number of rotatable bonds is 5. The van der Waals surface area contributed by atoms with E-state index in [-0.39, 0.29) is 0 Å². The summed E-state index contributed by atoms with van der Waals surface area (Å²) in [6.45, 7) is 7.20. The first-order valence-corrected chi connectivity index (χ1v) is 6.74. The van der Waals surface area contributed by atoms with E-state index in [4.69, 9.17) is 0 Å². The molecule has 1 aliphatic rings. The lowest BCUT2D eigenvalue weighted by Gasteiger charge is -2.30. The first kappa shape index (κ1) is 12.1. The quantitative estimate of drug-likeness (QED) is 0.541. The van der Waals surface area contributed by atoms with Crippen LogP contribution in [-0.2, 0) is 0 Å². The van der Waals surface area contributed by atoms with Crippen molar-refractivity contribution in [1.29, 1.82) is 0 Å². The zero-order valence-electron chi connectivity index (χ0n) is 10.4. The lowest BCUT2D eigenvalue weighted by Crippen LogP contribution is -2.18. The highest BCUT2D eigenvalue weighted by molar-refractivity contribution is 4.74. The summed E-state index contributed by atoms with van der Waals surface area (Å²) in [7, 11) is 0. The highest BCUT2D eigenvalue weighted by Crippen LogP contribution is 2.34. The summed E-state index contributed by atoms with van der Waals surface area (Å²) in [6, 6.07) is 0. The van der Waals surface area contributed by atoms with Crippen molar-refractivity contribution in [1.82, 2.24) is 0 Å². The third-order valence-electron chi connectivity index (χ3n) is 4.13. The second kappa shape index (κ2) is 6.48. The van der Waals surface area contributed by atoms with Gasteiger partial charge in [-0.1, -0.05) is 59.3 Å². The minimum absolute atomic E-state index is 0.994. The molecule has 0 nitrogen and oxygen atoms in total. The van der Waals surface area contributed by atoms with Gasteiger partial charge >= 0.3 is 0 Å². The monoisotopic (exact) mass is 196 g/mol. The Morgan fingerprint density at radius 3 is 2.29 bits per heavy atom. The third-order valence-corrected chi connectivity index (χ3v) is 4.13. The molecule has 0 N–H and O–H groups in total. The van der Waals surface area contributed by atoms with Crippen LogP contribution < -0.4 is 0 Å². The van der Waals surface area contributed by atoms with Gasteiger partial charge in [-0.25, -0.2) is 0 Å². The maximum absolute atomic E-state index is 2.48. The predicted molar refractivity (Wildman–Crippen MR) is 64.4 cm³/mol. The van der Waals surface area contributed by atoms with Gasteiger partial charge in [0.05, 0.1) is 0 Å². The molecule has 0 saturated heterocycles. The van der Waals surface area contributed by atoms with Gasteiger partial charge in [-0.15, -0.1) is 0 Å². The molecular formula is C14H28. The Bertz CT molecular complexity index is 131. The molecule has 0 spiro atoms. The highest BCUT2D eigenvalue weighted by Gasteiger charge is 2.22. The van der Waals surface area contributed by atoms with Crippen LogP contribution in [0, 0.1) is 17.8 Å². The second-order valence-corrected chi connectivity index (χ2v) is 5.49. The van der Waals surface area contributed by atoms with E-state index in [1.54, 1.807) is 0 Å². The minimum atomic E-state index is 0.994. The Hall–Kier alpha value is 0. The van der Waals surface area contributed by atoms with Crippen molar-refractivity contribution in [3.8, 4) is 0 Å². The molecule has 1 unspecified atom stereocenters. The molecule has 0 heterocycles. The smallest absolute Gasteiger partial charge is 0.0388 e. The fourth-order valence-electron chi connectivity index (χ4n) is 2.81. The molecule has 0 aromatic heterocycles. The summed E-state index contributed by atoms with van der Waals surface area (Å²) in [6.07, 6.45) is 11.7. The molecule has 1 saturated carbocycles. The molecule has 1 rings (SSSR count). The van der Waals surface area contributed by atoms with E-state index in [0.29, 0.717) is 0 Å². The van der Waals surface area contributed by atoms with Crippen LogP contribution in [0.3, 0.4) is 0 Å². The van der Waals surface area contributed by atoms with Gasteiger partial charge in [-0.2, -0.15) is 0 Å². The van der Waals surface area contributed by atoms with Gasteiger partial charge in [0.2, 0.25) is 0 Å². The Morgan fingerprint density at radius 2 is 1.71 bits per heavy atom. The van der Waals surface area contributed by atoms with Crippen molar-refractivity contribution >= 4 is 0 Å². The zero-order chi connectivity index (χ0) is 10.4. The largest absolute Gasteiger partial charge is 0.0654 e. The molecule has 14 heavy (non-hydrogen) atoms. The fraction of sp³-hybridized carbons (Fsp3) is 1.00. The second-order valence-electron chi connectivity index (χ2n) is 5.49. The van der Waals surface area contributed by atoms with E-state index in [0.717, 1.165) is 17.8 Å². The van der Waals surface area contributed by atoms with Crippen LogP contribution in [0.5, 0.6) is 0 Å². The maximum Gasteiger partial charge on any atom is -0.0388 e. The Morgan fingerprint density at radius 1 is 1.07 bits per heavy atom. The average Bonchev–Trinajstić information content (AvgIpc) is 2.19. The van der Waals surface area contributed by atoms with Gasteiger partial charge in [0, 0.05) is 0 Å². The van der Waals surface area contributed by atoms with Crippen LogP contribution in [0.15, 0.2) is 0 Å². The molecule has 0 heteroatoms. The third kappa shape index (κ3) is 4.02. The normalized spacial score (nSPS) is 30.2. The molecule has 84 valence electrons. The van der Waals surface area contributed by atoms with Gasteiger partial charge in [0.25, 0.3) is 0 Å². The van der Waals surface area contributed by atoms with Crippen LogP contribution in [0.25, 0.3) is 0 Å². The van der Waals surface area contributed by atoms with Crippen LogP contribution in [-0.4, -0.2) is 0 Å². The van der Waals surface area contributed by atoms with E-state index in [2.05, 4.69) is 20.8 Å². The molecule has 1 aliphatic carbocycles. The van der Waals surface area contributed by atoms with E-state index < -0.39 is 0 Å². The molecule has 0 amide bonds. The molecule has 0 aromatic carbocycles. The molecule has 0 bridgehead atoms. The van der Waals surface area contributed by atoms with E-state index >= 15 is 0 Å². The van der Waals surface area contributed by atoms with Crippen LogP contribution in [0.4, 0.5) is 0 Å². The standard InChI is InChI=1S/C14H28/c1-4-5-6-7-13(3)14-10-8-12(2)9-11-14/h12-14H,4-11H2,1-3H3. The van der Waals surface area contributed by atoms with Crippen molar-refractivity contribution in [2.75, 3.05) is 0 Å². The molecule has 1 atom stereocenters. The predicted octanol–water partition coefficient (Wildman–Crippen LogP) is 5.03. The highest BCUT2D eigenvalue weighted by atomic mass is 14.3. The van der Waals surface area contributed by atoms with Crippen molar-refractivity contribution in [3.05, 3.63) is 0 Å². The number of unbranched alkanes of at least 4 members (excludes halogenated alkanes) is 2. The van der Waals surface area contributed by atoms with Crippen LogP contribution in [0.1, 0.15) is 72.1 Å². The lowest BCUT2D eigenvalue weighted by atomic mass is 9.75. The maximum atomic E-state index is 2.48. The Labute approximate surface area is 90.5 Å². The Balaban J connectivity index is 2.13. The number of hydrogen-bond donors (Lipinski definition) is 0. The molecule has 0 aliphatic heterocycles. The van der Waals surface area contributed by atoms with Gasteiger partial charge in [0.1, 0.15) is 0 Å². The molecule has 0 aromatic rings. The SMILES string of the molecule is CCCCCC(C)C1CCC(C)CC1. The summed E-state index contributed by atoms with van der Waals surface area (Å²) in [4.78, 5) is 0. The van der Waals surface area contributed by atoms with Crippen molar-refractivity contribution in [3.63, 3.8) is 0 Å². The first-order valence-electron chi connectivity index (χ1n) is 6.74. The van der Waals surface area contributed by atoms with Crippen LogP contribution in [0.2, 0.25) is 0 Å². The molecule has 0 radical (unpaired) electrons. The van der Waals surface area contributed by atoms with Crippen molar-refractivity contribution < 1.29 is 0 Å². The first-order chi connectivity index (χ1) is 6.74. The summed E-state index contributed by atoms with van der Waals surface area (Å²) in [5, 5.41) is 0. The summed E-state index contributed by atoms with van der Waals surface area (Å²) >= 11 is 0. The summed E-state index contributed by atoms with van der Waals surface area (Å²) < 4.78 is 0. The topological polar surface area (TPSA) is 0 Å². The lowest BCUT2D eigenvalue weighted by molar-refractivity contribution is 0.212. The van der Waals surface area contributed by atoms with E-state index in [9.17, 15) is 0 Å². The van der Waals surface area contributed by atoms with E-state index in [1.807, 2.05) is 0 Å². The minimum Gasteiger partial charge on any atom is -0.0654 e. The zero-order valence-corrected chi connectivity index (χ0v) is 10.4. The average molecular weight is 196 g/mol. The number of hydrogen-bond acceptors (Lipinski definition) is 0. The van der Waals surface area contributed by atoms with Gasteiger partial charge < -0.3 is 0 Å². The van der Waals surface area contributed by atoms with E-state index in [1.165, 1.54) is 51.4 Å². The molecule has 1 fully saturated rings. The van der Waals surface area contributed by atoms with Crippen molar-refractivity contribution in [2.45, 2.75) is 72.1 Å².